The first kappa shape index (κ1) is 19.7. The van der Waals surface area contributed by atoms with Gasteiger partial charge in [0.25, 0.3) is 0 Å². The molecule has 1 amide bonds. The highest BCUT2D eigenvalue weighted by Crippen LogP contribution is 2.48. The molecular formula is C25H29NO3. The number of rotatable bonds is 7. The normalized spacial score (nSPS) is 18.9. The number of hydrogen-bond acceptors (Lipinski definition) is 2. The van der Waals surface area contributed by atoms with Gasteiger partial charge >= 0.3 is 5.97 Å². The van der Waals surface area contributed by atoms with Gasteiger partial charge in [-0.15, -0.1) is 0 Å². The van der Waals surface area contributed by atoms with E-state index < -0.39 is 11.4 Å². The lowest BCUT2D eigenvalue weighted by molar-refractivity contribution is -0.143. The Kier molecular flexibility index (Phi) is 5.44. The summed E-state index contributed by atoms with van der Waals surface area (Å²) in [5.74, 6) is -0.442. The molecule has 0 unspecified atom stereocenters. The number of amides is 1. The number of hydrogen-bond donors (Lipinski definition) is 2. The maximum atomic E-state index is 13.3. The molecule has 4 nitrogen and oxygen atoms in total. The van der Waals surface area contributed by atoms with Gasteiger partial charge in [-0.2, -0.15) is 0 Å². The van der Waals surface area contributed by atoms with E-state index in [-0.39, 0.29) is 11.8 Å². The summed E-state index contributed by atoms with van der Waals surface area (Å²) in [5, 5.41) is 12.6. The van der Waals surface area contributed by atoms with Crippen LogP contribution in [-0.4, -0.2) is 17.0 Å². The fourth-order valence-electron chi connectivity index (χ4n) is 4.69. The van der Waals surface area contributed by atoms with Crippen molar-refractivity contribution >= 4 is 17.6 Å². The Morgan fingerprint density at radius 2 is 1.79 bits per heavy atom. The lowest BCUT2D eigenvalue weighted by Crippen LogP contribution is -2.26. The lowest BCUT2D eigenvalue weighted by Gasteiger charge is -2.23. The molecule has 2 saturated carbocycles. The molecule has 2 N–H and O–H groups in total. The van der Waals surface area contributed by atoms with Gasteiger partial charge in [-0.1, -0.05) is 54.8 Å². The van der Waals surface area contributed by atoms with E-state index in [1.165, 1.54) is 18.4 Å². The monoisotopic (exact) mass is 391 g/mol. The summed E-state index contributed by atoms with van der Waals surface area (Å²) >= 11 is 0. The first-order valence-electron chi connectivity index (χ1n) is 10.7. The summed E-state index contributed by atoms with van der Waals surface area (Å²) in [6, 6.07) is 16.0. The lowest BCUT2D eigenvalue weighted by atomic mass is 9.83. The van der Waals surface area contributed by atoms with Crippen LogP contribution in [0.2, 0.25) is 0 Å². The molecule has 2 aliphatic rings. The van der Waals surface area contributed by atoms with E-state index in [0.29, 0.717) is 12.3 Å². The Balaban J connectivity index is 1.52. The first-order valence-corrected chi connectivity index (χ1v) is 10.7. The van der Waals surface area contributed by atoms with Crippen LogP contribution in [0.15, 0.2) is 48.5 Å². The standard InChI is InChI=1S/C25H29NO3/c1-17-9-11-20(12-10-17)22(19-6-2-3-7-19)23(27)26-21-8-4-5-18(15-21)16-25(13-14-25)24(28)29/h4-5,8-12,15,19,22H,2-3,6-7,13-14,16H2,1H3,(H,26,27)(H,28,29)/t22-/m0/s1. The predicted octanol–water partition coefficient (Wildman–Crippen LogP) is 5.31. The number of carbonyl (C=O) groups excluding carboxylic acids is 1. The number of anilines is 1. The van der Waals surface area contributed by atoms with Crippen molar-refractivity contribution in [3.63, 3.8) is 0 Å². The molecule has 2 aromatic rings. The smallest absolute Gasteiger partial charge is 0.309 e. The highest BCUT2D eigenvalue weighted by Gasteiger charge is 2.49. The van der Waals surface area contributed by atoms with Crippen molar-refractivity contribution in [2.24, 2.45) is 11.3 Å². The van der Waals surface area contributed by atoms with Crippen molar-refractivity contribution < 1.29 is 14.7 Å². The van der Waals surface area contributed by atoms with E-state index in [2.05, 4.69) is 36.5 Å². The second-order valence-corrected chi connectivity index (χ2v) is 8.88. The second-order valence-electron chi connectivity index (χ2n) is 8.88. The zero-order valence-corrected chi connectivity index (χ0v) is 17.0. The van der Waals surface area contributed by atoms with E-state index in [1.54, 1.807) is 0 Å². The summed E-state index contributed by atoms with van der Waals surface area (Å²) < 4.78 is 0. The zero-order valence-electron chi connectivity index (χ0n) is 17.0. The molecule has 0 spiro atoms. The number of aryl methyl sites for hydroxylation is 1. The minimum Gasteiger partial charge on any atom is -0.481 e. The summed E-state index contributed by atoms with van der Waals surface area (Å²) in [7, 11) is 0. The van der Waals surface area contributed by atoms with Crippen molar-refractivity contribution in [1.29, 1.82) is 0 Å². The molecule has 152 valence electrons. The van der Waals surface area contributed by atoms with Gasteiger partial charge in [0.1, 0.15) is 0 Å². The van der Waals surface area contributed by atoms with Crippen LogP contribution in [-0.2, 0) is 16.0 Å². The van der Waals surface area contributed by atoms with Gasteiger partial charge in [-0.3, -0.25) is 9.59 Å². The Labute approximate surface area is 172 Å². The molecule has 29 heavy (non-hydrogen) atoms. The van der Waals surface area contributed by atoms with Gasteiger partial charge in [0.15, 0.2) is 0 Å². The van der Waals surface area contributed by atoms with E-state index in [1.807, 2.05) is 24.3 Å². The Morgan fingerprint density at radius 1 is 1.10 bits per heavy atom. The molecule has 2 aromatic carbocycles. The number of carboxylic acid groups (broad SMARTS) is 1. The second kappa shape index (κ2) is 8.02. The van der Waals surface area contributed by atoms with Crippen LogP contribution in [0.1, 0.15) is 61.1 Å². The molecule has 1 atom stereocenters. The van der Waals surface area contributed by atoms with Crippen molar-refractivity contribution in [1.82, 2.24) is 0 Å². The van der Waals surface area contributed by atoms with E-state index in [4.69, 9.17) is 0 Å². The van der Waals surface area contributed by atoms with Gasteiger partial charge in [0.05, 0.1) is 11.3 Å². The summed E-state index contributed by atoms with van der Waals surface area (Å²) in [5.41, 5.74) is 3.40. The summed E-state index contributed by atoms with van der Waals surface area (Å²) in [4.78, 5) is 24.8. The molecule has 0 aromatic heterocycles. The number of aliphatic carboxylic acids is 1. The predicted molar refractivity (Wildman–Crippen MR) is 114 cm³/mol. The molecule has 2 aliphatic carbocycles. The molecule has 4 heteroatoms. The average molecular weight is 392 g/mol. The van der Waals surface area contributed by atoms with Crippen LogP contribution < -0.4 is 5.32 Å². The third-order valence-electron chi connectivity index (χ3n) is 6.63. The summed E-state index contributed by atoms with van der Waals surface area (Å²) in [6.45, 7) is 2.06. The van der Waals surface area contributed by atoms with E-state index in [0.717, 1.165) is 42.5 Å². The van der Waals surface area contributed by atoms with Crippen LogP contribution in [0.3, 0.4) is 0 Å². The Hall–Kier alpha value is -2.62. The number of benzene rings is 2. The molecule has 0 radical (unpaired) electrons. The van der Waals surface area contributed by atoms with Crippen LogP contribution in [0, 0.1) is 18.3 Å². The highest BCUT2D eigenvalue weighted by molar-refractivity contribution is 5.96. The van der Waals surface area contributed by atoms with Gasteiger partial charge in [-0.25, -0.2) is 0 Å². The molecule has 4 rings (SSSR count). The Bertz CT molecular complexity index is 893. The van der Waals surface area contributed by atoms with Crippen molar-refractivity contribution in [2.45, 2.75) is 57.8 Å². The van der Waals surface area contributed by atoms with E-state index >= 15 is 0 Å². The number of carbonyl (C=O) groups is 2. The zero-order chi connectivity index (χ0) is 20.4. The largest absolute Gasteiger partial charge is 0.481 e. The minimum atomic E-state index is -0.715. The summed E-state index contributed by atoms with van der Waals surface area (Å²) in [6.07, 6.45) is 6.54. The Morgan fingerprint density at radius 3 is 2.41 bits per heavy atom. The number of carboxylic acids is 1. The van der Waals surface area contributed by atoms with Crippen molar-refractivity contribution in [3.8, 4) is 0 Å². The maximum Gasteiger partial charge on any atom is 0.309 e. The van der Waals surface area contributed by atoms with Gasteiger partial charge in [0, 0.05) is 5.69 Å². The van der Waals surface area contributed by atoms with Crippen LogP contribution in [0.25, 0.3) is 0 Å². The fourth-order valence-corrected chi connectivity index (χ4v) is 4.69. The van der Waals surface area contributed by atoms with Crippen LogP contribution in [0.4, 0.5) is 5.69 Å². The molecule has 2 fully saturated rings. The average Bonchev–Trinajstić information content (AvgIpc) is 3.28. The molecule has 0 aliphatic heterocycles. The third kappa shape index (κ3) is 4.36. The highest BCUT2D eigenvalue weighted by atomic mass is 16.4. The number of nitrogens with one attached hydrogen (secondary N) is 1. The fraction of sp³-hybridized carbons (Fsp3) is 0.440. The quantitative estimate of drug-likeness (QED) is 0.672. The SMILES string of the molecule is Cc1ccc([C@@H](C(=O)Nc2cccc(CC3(C(=O)O)CC3)c2)C2CCCC2)cc1. The van der Waals surface area contributed by atoms with Gasteiger partial charge < -0.3 is 10.4 Å². The first-order chi connectivity index (χ1) is 14.0. The molecule has 0 bridgehead atoms. The molecule has 0 saturated heterocycles. The topological polar surface area (TPSA) is 66.4 Å². The van der Waals surface area contributed by atoms with E-state index in [9.17, 15) is 14.7 Å². The van der Waals surface area contributed by atoms with Crippen LogP contribution >= 0.6 is 0 Å². The van der Waals surface area contributed by atoms with Gasteiger partial charge in [-0.05, 0) is 68.2 Å². The van der Waals surface area contributed by atoms with Crippen LogP contribution in [0.5, 0.6) is 0 Å². The molecule has 0 heterocycles. The maximum absolute atomic E-state index is 13.3. The third-order valence-corrected chi connectivity index (χ3v) is 6.63. The van der Waals surface area contributed by atoms with Crippen molar-refractivity contribution in [3.05, 3.63) is 65.2 Å². The van der Waals surface area contributed by atoms with Gasteiger partial charge in [0.2, 0.25) is 5.91 Å². The minimum absolute atomic E-state index is 0.0391. The molecular weight excluding hydrogens is 362 g/mol. The van der Waals surface area contributed by atoms with Crippen molar-refractivity contribution in [2.75, 3.05) is 5.32 Å².